The number of nitrogens with two attached hydrogens (primary N) is 1. The molecule has 1 saturated heterocycles. The molecule has 518 valence electrons. The van der Waals surface area contributed by atoms with Crippen LogP contribution >= 0.6 is 66.6 Å². The van der Waals surface area contributed by atoms with Gasteiger partial charge in [0.1, 0.15) is 37.4 Å². The van der Waals surface area contributed by atoms with E-state index in [1.807, 2.05) is 99.6 Å². The zero-order valence-corrected chi connectivity index (χ0v) is 60.7. The van der Waals surface area contributed by atoms with Gasteiger partial charge in [-0.15, -0.1) is 0 Å². The Labute approximate surface area is 561 Å². The molecule has 5 heterocycles. The molecule has 0 aliphatic carbocycles. The third kappa shape index (κ3) is 20.7. The van der Waals surface area contributed by atoms with E-state index in [1.54, 1.807) is 12.1 Å². The number of nitrogens with zero attached hydrogens (tertiary/aromatic N) is 4. The highest BCUT2D eigenvalue weighted by Crippen LogP contribution is 2.66. The van der Waals surface area contributed by atoms with Crippen LogP contribution in [0.15, 0.2) is 93.3 Å². The molecule has 37 heteroatoms. The predicted octanol–water partition coefficient (Wildman–Crippen LogP) is 10.0. The number of nitrogens with one attached hydrogen (secondary N) is 2. The number of unbranched alkanes of at least 4 members (excludes halogenated alkanes) is 2. The molecule has 10 N–H and O–H groups in total. The first-order chi connectivity index (χ1) is 43.5. The summed E-state index contributed by atoms with van der Waals surface area (Å²) < 4.78 is 138. The number of benzene rings is 2. The molecule has 0 bridgehead atoms. The van der Waals surface area contributed by atoms with E-state index in [1.165, 1.54) is 78.2 Å². The number of hydrogen-bond donors (Lipinski definition) is 9. The van der Waals surface area contributed by atoms with Gasteiger partial charge in [-0.2, -0.15) is 35.0 Å². The Morgan fingerprint density at radius 1 is 0.904 bits per heavy atom. The first-order valence-corrected chi connectivity index (χ1v) is 41.2. The summed E-state index contributed by atoms with van der Waals surface area (Å²) in [7, 11) is -20.0. The van der Waals surface area contributed by atoms with E-state index in [-0.39, 0.29) is 67.9 Å². The number of allylic oxidation sites excluding steroid dienone is 6. The van der Waals surface area contributed by atoms with Crippen LogP contribution in [0.5, 0.6) is 0 Å². The van der Waals surface area contributed by atoms with Crippen LogP contribution in [0.1, 0.15) is 124 Å². The first kappa shape index (κ1) is 77.2. The lowest BCUT2D eigenvalue weighted by molar-refractivity contribution is -0.438. The summed E-state index contributed by atoms with van der Waals surface area (Å²) in [4.78, 5) is 72.7. The minimum atomic E-state index is -5.80. The van der Waals surface area contributed by atoms with E-state index in [2.05, 4.69) is 45.2 Å². The number of carbonyl (C=O) groups is 1. The SMILES string of the molecule is CCN1/C(=C/C=C/C=C/C2=[N+](CCCCCC(=O)NCC(C)(C)SSCOCC#Cc3cn([C@H]4CC(OCSSC(C)(C)C)[C@@H](COP(=O)(O)OP(=O)(O)OP(=O)(O)O)O4)c4nc(N)[nH]c(=O)c34)c3ccc(S(=O)(=O)O)cc3C2(C)C)C(C)(C)c2cc(S(=O)(=O)O)ccc21. The van der Waals surface area contributed by atoms with Gasteiger partial charge in [-0.05, 0) is 89.4 Å². The molecule has 0 radical (unpaired) electrons. The van der Waals surface area contributed by atoms with Crippen LogP contribution in [-0.4, -0.2) is 143 Å². The lowest BCUT2D eigenvalue weighted by Gasteiger charge is -2.25. The van der Waals surface area contributed by atoms with Crippen molar-refractivity contribution < 1.29 is 95.9 Å². The van der Waals surface area contributed by atoms with E-state index >= 15 is 0 Å². The van der Waals surface area contributed by atoms with Crippen LogP contribution in [0.4, 0.5) is 17.3 Å². The van der Waals surface area contributed by atoms with Crippen molar-refractivity contribution >= 4 is 127 Å². The second kappa shape index (κ2) is 31.0. The second-order valence-corrected chi connectivity index (χ2v) is 37.7. The molecular weight excluding hydrogens is 1400 g/mol. The molecule has 3 aliphatic heterocycles. The van der Waals surface area contributed by atoms with E-state index in [0.717, 1.165) is 33.9 Å². The van der Waals surface area contributed by atoms with Gasteiger partial charge in [-0.1, -0.05) is 108 Å². The number of ether oxygens (including phenoxy) is 3. The Kier molecular flexibility index (Phi) is 25.5. The van der Waals surface area contributed by atoms with Crippen LogP contribution in [0.3, 0.4) is 0 Å². The fraction of sp³-hybridized carbons (Fsp3) is 0.509. The average Bonchev–Trinajstić information content (AvgIpc) is 1.62. The van der Waals surface area contributed by atoms with Crippen LogP contribution in [0.2, 0.25) is 0 Å². The van der Waals surface area contributed by atoms with Gasteiger partial charge in [-0.25, -0.2) is 13.7 Å². The van der Waals surface area contributed by atoms with Gasteiger partial charge in [0.15, 0.2) is 11.4 Å². The number of phosphoric ester groups is 1. The molecule has 94 heavy (non-hydrogen) atoms. The van der Waals surface area contributed by atoms with E-state index in [0.29, 0.717) is 45.3 Å². The maximum atomic E-state index is 13.3. The number of carbonyl (C=O) groups excluding carboxylic acids is 1. The summed E-state index contributed by atoms with van der Waals surface area (Å²) in [5.74, 6) is 5.84. The predicted molar refractivity (Wildman–Crippen MR) is 364 cm³/mol. The van der Waals surface area contributed by atoms with Gasteiger partial charge in [0, 0.05) is 82.5 Å². The van der Waals surface area contributed by atoms with Gasteiger partial charge >= 0.3 is 23.5 Å². The maximum absolute atomic E-state index is 13.3. The van der Waals surface area contributed by atoms with Crippen LogP contribution in [0, 0.1) is 11.8 Å². The highest BCUT2D eigenvalue weighted by molar-refractivity contribution is 8.77. The number of nitrogen functional groups attached to an aromatic ring is 1. The second-order valence-electron chi connectivity index (χ2n) is 24.4. The molecule has 28 nitrogen and oxygen atoms in total. The van der Waals surface area contributed by atoms with Gasteiger partial charge < -0.3 is 54.3 Å². The third-order valence-electron chi connectivity index (χ3n) is 14.8. The standard InChI is InChI=1S/C57H78N7O21P3S6/c1-11-62-42-25-23-38(93(74,75)76)29-40(42)56(7,8)46(62)20-14-12-15-21-47-57(9,10)41-30-39(94(77,78)79)24-26-43(41)63(47)27-17-13-16-22-48(65)59-34-55(5,6)92-89-35-80-28-18-19-37-32-64(51-50(37)52(66)61-53(58)60-51)49-31-44(81-36-90-91-54(2,3)4)45(83-49)33-82-87(70,71)85-88(72,73)84-86(67,68)69/h12,14-15,20-21,23-26,29-30,32,44-45,49H,11,13,16-17,22,27-28,31,33-36H2,1-10H3,(H9-,58,59,60,61,65,66,67,68,69,70,71,72,73,74,75,76,77,78,79)/p+1/t44?,45-,49-/m1/s1. The molecule has 1 amide bonds. The maximum Gasteiger partial charge on any atom is 0.490 e. The molecule has 2 aromatic heterocycles. The van der Waals surface area contributed by atoms with E-state index in [9.17, 15) is 59.0 Å². The van der Waals surface area contributed by atoms with Crippen LogP contribution in [-0.2, 0) is 76.9 Å². The Morgan fingerprint density at radius 3 is 2.23 bits per heavy atom. The monoisotopic (exact) mass is 1480 g/mol. The molecule has 7 rings (SSSR count). The number of phosphoric acid groups is 3. The summed E-state index contributed by atoms with van der Waals surface area (Å²) in [6, 6.07) is 9.19. The van der Waals surface area contributed by atoms with Crippen LogP contribution in [0.25, 0.3) is 11.0 Å². The first-order valence-electron chi connectivity index (χ1n) is 29.1. The summed E-state index contributed by atoms with van der Waals surface area (Å²) in [5, 5.41) is 3.10. The number of amides is 1. The quantitative estimate of drug-likeness (QED) is 0.00330. The van der Waals surface area contributed by atoms with Gasteiger partial charge in [0.25, 0.3) is 25.8 Å². The highest BCUT2D eigenvalue weighted by Gasteiger charge is 2.47. The molecule has 0 spiro atoms. The highest BCUT2D eigenvalue weighted by atomic mass is 33.1. The number of rotatable bonds is 31. The van der Waals surface area contributed by atoms with Gasteiger partial charge in [0.2, 0.25) is 17.5 Å². The van der Waals surface area contributed by atoms with Gasteiger partial charge in [0.05, 0.1) is 38.9 Å². The Morgan fingerprint density at radius 2 is 1.57 bits per heavy atom. The number of aromatic amines is 1. The van der Waals surface area contributed by atoms with Crippen molar-refractivity contribution in [3.8, 4) is 11.8 Å². The number of hydrogen-bond acceptors (Lipinski definition) is 22. The summed E-state index contributed by atoms with van der Waals surface area (Å²) in [5.41, 5.74) is 9.37. The van der Waals surface area contributed by atoms with Crippen molar-refractivity contribution in [1.29, 1.82) is 0 Å². The summed E-state index contributed by atoms with van der Waals surface area (Å²) in [6.45, 7) is 20.6. The third-order valence-corrected chi connectivity index (χ3v) is 26.3. The molecule has 3 aliphatic rings. The summed E-state index contributed by atoms with van der Waals surface area (Å²) >= 11 is 0. The number of anilines is 2. The van der Waals surface area contributed by atoms with E-state index < -0.39 is 89.9 Å². The van der Waals surface area contributed by atoms with Crippen molar-refractivity contribution in [1.82, 2.24) is 19.9 Å². The topological polar surface area (TPSA) is 408 Å². The average molecular weight is 1480 g/mol. The minimum Gasteiger partial charge on any atom is -0.369 e. The van der Waals surface area contributed by atoms with Crippen molar-refractivity contribution in [2.75, 3.05) is 55.4 Å². The molecule has 5 atom stereocenters. The Balaban J connectivity index is 0.904. The zero-order chi connectivity index (χ0) is 69.6. The summed E-state index contributed by atoms with van der Waals surface area (Å²) in [6.07, 6.45) is 10.5. The van der Waals surface area contributed by atoms with Crippen molar-refractivity contribution in [2.24, 2.45) is 0 Å². The van der Waals surface area contributed by atoms with Crippen molar-refractivity contribution in [3.05, 3.63) is 106 Å². The molecule has 2 aromatic carbocycles. The fourth-order valence-corrected chi connectivity index (χ4v) is 18.8. The van der Waals surface area contributed by atoms with Crippen molar-refractivity contribution in [2.45, 2.75) is 150 Å². The number of likely N-dealkylation sites (N-methyl/N-ethyl adjacent to an activating group) is 1. The van der Waals surface area contributed by atoms with Crippen LogP contribution < -0.4 is 21.5 Å². The normalized spacial score (nSPS) is 20.1. The lowest BCUT2D eigenvalue weighted by Crippen LogP contribution is -2.35. The molecular formula is C57H79N7O21P3S6+. The zero-order valence-electron chi connectivity index (χ0n) is 53.1. The molecule has 4 aromatic rings. The lowest BCUT2D eigenvalue weighted by atomic mass is 9.81. The number of H-pyrrole nitrogens is 1. The molecule has 0 saturated carbocycles. The Hall–Kier alpha value is -4.11. The molecule has 3 unspecified atom stereocenters. The number of fused-ring (bicyclic) bond motifs is 3. The largest absolute Gasteiger partial charge is 0.490 e. The van der Waals surface area contributed by atoms with E-state index in [4.69, 9.17) is 34.3 Å². The van der Waals surface area contributed by atoms with Gasteiger partial charge in [-0.3, -0.25) is 28.2 Å². The minimum absolute atomic E-state index is 0.0469. The molecule has 1 fully saturated rings. The number of aromatic nitrogens is 3. The Bertz CT molecular complexity index is 4130. The smallest absolute Gasteiger partial charge is 0.369 e. The van der Waals surface area contributed by atoms with Crippen molar-refractivity contribution in [3.63, 3.8) is 0 Å². The fourth-order valence-electron chi connectivity index (χ4n) is 10.6.